The van der Waals surface area contributed by atoms with Gasteiger partial charge in [0.2, 0.25) is 15.9 Å². The number of hydrogen-bond acceptors (Lipinski definition) is 4. The molecule has 6 nitrogen and oxygen atoms in total. The molecule has 2 aromatic rings. The lowest BCUT2D eigenvalue weighted by Crippen LogP contribution is -2.51. The largest absolute Gasteiger partial charge is 0.497 e. The maximum atomic E-state index is 13.4. The van der Waals surface area contributed by atoms with Crippen molar-refractivity contribution in [3.8, 4) is 5.75 Å². The van der Waals surface area contributed by atoms with Crippen molar-refractivity contribution in [2.75, 3.05) is 31.3 Å². The number of ether oxygens (including phenoxy) is 1. The van der Waals surface area contributed by atoms with E-state index in [0.29, 0.717) is 37.4 Å². The van der Waals surface area contributed by atoms with Crippen molar-refractivity contribution >= 4 is 21.6 Å². The smallest absolute Gasteiger partial charge is 0.235 e. The molecular weight excluding hydrogens is 376 g/mol. The SMILES string of the molecule is CCS(=O)(=O)N1CCC(C(=O)Nc2cccc(OC)c2)(c2ccccc2)CC1. The van der Waals surface area contributed by atoms with Crippen molar-refractivity contribution < 1.29 is 17.9 Å². The first-order valence-electron chi connectivity index (χ1n) is 9.40. The van der Waals surface area contributed by atoms with Gasteiger partial charge in [-0.1, -0.05) is 36.4 Å². The quantitative estimate of drug-likeness (QED) is 0.806. The lowest BCUT2D eigenvalue weighted by atomic mass is 9.72. The zero-order chi connectivity index (χ0) is 20.2. The van der Waals surface area contributed by atoms with Gasteiger partial charge in [-0.05, 0) is 37.5 Å². The number of anilines is 1. The number of benzene rings is 2. The molecule has 1 fully saturated rings. The lowest BCUT2D eigenvalue weighted by Gasteiger charge is -2.40. The number of sulfonamides is 1. The molecule has 0 atom stereocenters. The molecule has 1 aliphatic rings. The van der Waals surface area contributed by atoms with Crippen LogP contribution in [0.5, 0.6) is 5.75 Å². The summed E-state index contributed by atoms with van der Waals surface area (Å²) in [5, 5.41) is 3.01. The van der Waals surface area contributed by atoms with Gasteiger partial charge < -0.3 is 10.1 Å². The molecular formula is C21H26N2O4S. The Hall–Kier alpha value is -2.38. The summed E-state index contributed by atoms with van der Waals surface area (Å²) in [5.74, 6) is 0.609. The van der Waals surface area contributed by atoms with Crippen LogP contribution in [0.25, 0.3) is 0 Å². The van der Waals surface area contributed by atoms with E-state index in [0.717, 1.165) is 5.56 Å². The third-order valence-electron chi connectivity index (χ3n) is 5.42. The minimum atomic E-state index is -3.26. The summed E-state index contributed by atoms with van der Waals surface area (Å²) in [6, 6.07) is 16.8. The standard InChI is InChI=1S/C21H26N2O4S/c1-3-28(25,26)23-14-12-21(13-15-23,17-8-5-4-6-9-17)20(24)22-18-10-7-11-19(16-18)27-2/h4-11,16H,3,12-15H2,1-2H3,(H,22,24). The molecule has 0 spiro atoms. The minimum absolute atomic E-state index is 0.0708. The second kappa shape index (κ2) is 8.32. The van der Waals surface area contributed by atoms with Gasteiger partial charge in [0.15, 0.2) is 0 Å². The van der Waals surface area contributed by atoms with Crippen molar-refractivity contribution in [3.63, 3.8) is 0 Å². The molecule has 1 heterocycles. The highest BCUT2D eigenvalue weighted by atomic mass is 32.2. The van der Waals surface area contributed by atoms with Gasteiger partial charge in [0, 0.05) is 24.8 Å². The zero-order valence-electron chi connectivity index (χ0n) is 16.2. The highest BCUT2D eigenvalue weighted by Gasteiger charge is 2.44. The van der Waals surface area contributed by atoms with E-state index in [2.05, 4.69) is 5.32 Å². The van der Waals surface area contributed by atoms with E-state index in [4.69, 9.17) is 4.74 Å². The summed E-state index contributed by atoms with van der Waals surface area (Å²) in [7, 11) is -1.68. The highest BCUT2D eigenvalue weighted by molar-refractivity contribution is 7.89. The molecule has 0 unspecified atom stereocenters. The number of nitrogens with one attached hydrogen (secondary N) is 1. The van der Waals surface area contributed by atoms with Gasteiger partial charge in [0.25, 0.3) is 0 Å². The molecule has 0 aliphatic carbocycles. The third-order valence-corrected chi connectivity index (χ3v) is 7.30. The number of amides is 1. The van der Waals surface area contributed by atoms with E-state index in [1.54, 1.807) is 20.1 Å². The van der Waals surface area contributed by atoms with Crippen LogP contribution in [0.4, 0.5) is 5.69 Å². The first kappa shape index (κ1) is 20.4. The van der Waals surface area contributed by atoms with E-state index >= 15 is 0 Å². The van der Waals surface area contributed by atoms with Gasteiger partial charge in [-0.2, -0.15) is 0 Å². The molecule has 7 heteroatoms. The predicted octanol–water partition coefficient (Wildman–Crippen LogP) is 3.02. The van der Waals surface area contributed by atoms with Crippen LogP contribution in [-0.2, 0) is 20.2 Å². The molecule has 150 valence electrons. The van der Waals surface area contributed by atoms with E-state index in [1.807, 2.05) is 48.5 Å². The van der Waals surface area contributed by atoms with E-state index in [9.17, 15) is 13.2 Å². The van der Waals surface area contributed by atoms with Crippen molar-refractivity contribution in [1.29, 1.82) is 0 Å². The molecule has 0 radical (unpaired) electrons. The topological polar surface area (TPSA) is 75.7 Å². The van der Waals surface area contributed by atoms with Gasteiger partial charge in [0.1, 0.15) is 5.75 Å². The van der Waals surface area contributed by atoms with Crippen LogP contribution >= 0.6 is 0 Å². The second-order valence-corrected chi connectivity index (χ2v) is 9.19. The maximum absolute atomic E-state index is 13.4. The molecule has 0 saturated carbocycles. The summed E-state index contributed by atoms with van der Waals surface area (Å²) >= 11 is 0. The summed E-state index contributed by atoms with van der Waals surface area (Å²) in [6.45, 7) is 2.30. The summed E-state index contributed by atoms with van der Waals surface area (Å²) in [5.41, 5.74) is 0.789. The number of hydrogen-bond donors (Lipinski definition) is 1. The van der Waals surface area contributed by atoms with Crippen molar-refractivity contribution in [1.82, 2.24) is 4.31 Å². The Kier molecular flexibility index (Phi) is 6.05. The molecule has 2 aromatic carbocycles. The Morgan fingerprint density at radius 2 is 1.79 bits per heavy atom. The van der Waals surface area contributed by atoms with Crippen LogP contribution in [0.1, 0.15) is 25.3 Å². The van der Waals surface area contributed by atoms with Gasteiger partial charge in [-0.15, -0.1) is 0 Å². The number of nitrogens with zero attached hydrogens (tertiary/aromatic N) is 1. The molecule has 1 amide bonds. The predicted molar refractivity (Wildman–Crippen MR) is 110 cm³/mol. The molecule has 0 aromatic heterocycles. The Labute approximate surface area is 166 Å². The highest BCUT2D eigenvalue weighted by Crippen LogP contribution is 2.37. The van der Waals surface area contributed by atoms with E-state index in [-0.39, 0.29) is 11.7 Å². The van der Waals surface area contributed by atoms with E-state index in [1.165, 1.54) is 4.31 Å². The Bertz CT molecular complexity index is 920. The molecule has 3 rings (SSSR count). The Balaban J connectivity index is 1.89. The summed E-state index contributed by atoms with van der Waals surface area (Å²) in [4.78, 5) is 13.4. The first-order chi connectivity index (χ1) is 13.4. The average Bonchev–Trinajstić information content (AvgIpc) is 2.74. The number of methoxy groups -OCH3 is 1. The fraction of sp³-hybridized carbons (Fsp3) is 0.381. The van der Waals surface area contributed by atoms with Gasteiger partial charge in [0.05, 0.1) is 18.3 Å². The molecule has 1 aliphatic heterocycles. The van der Waals surface area contributed by atoms with Gasteiger partial charge in [-0.25, -0.2) is 12.7 Å². The minimum Gasteiger partial charge on any atom is -0.497 e. The lowest BCUT2D eigenvalue weighted by molar-refractivity contribution is -0.123. The fourth-order valence-electron chi connectivity index (χ4n) is 3.68. The maximum Gasteiger partial charge on any atom is 0.235 e. The number of carbonyl (C=O) groups excluding carboxylic acids is 1. The second-order valence-electron chi connectivity index (χ2n) is 6.93. The van der Waals surface area contributed by atoms with Gasteiger partial charge >= 0.3 is 0 Å². The molecule has 1 saturated heterocycles. The average molecular weight is 403 g/mol. The molecule has 0 bridgehead atoms. The zero-order valence-corrected chi connectivity index (χ0v) is 17.0. The normalized spacial score (nSPS) is 17.1. The molecule has 1 N–H and O–H groups in total. The van der Waals surface area contributed by atoms with Crippen molar-refractivity contribution in [3.05, 3.63) is 60.2 Å². The number of carbonyl (C=O) groups is 1. The van der Waals surface area contributed by atoms with Gasteiger partial charge in [-0.3, -0.25) is 4.79 Å². The van der Waals surface area contributed by atoms with Crippen LogP contribution in [0, 0.1) is 0 Å². The van der Waals surface area contributed by atoms with Crippen LogP contribution in [0.15, 0.2) is 54.6 Å². The van der Waals surface area contributed by atoms with Crippen LogP contribution in [-0.4, -0.2) is 44.6 Å². The first-order valence-corrected chi connectivity index (χ1v) is 11.0. The number of piperidine rings is 1. The third kappa shape index (κ3) is 4.05. The van der Waals surface area contributed by atoms with E-state index < -0.39 is 15.4 Å². The van der Waals surface area contributed by atoms with Crippen LogP contribution in [0.2, 0.25) is 0 Å². The Morgan fingerprint density at radius 1 is 1.11 bits per heavy atom. The monoisotopic (exact) mass is 402 g/mol. The molecule has 28 heavy (non-hydrogen) atoms. The Morgan fingerprint density at radius 3 is 2.39 bits per heavy atom. The summed E-state index contributed by atoms with van der Waals surface area (Å²) < 4.78 is 31.2. The van der Waals surface area contributed by atoms with Crippen LogP contribution in [0.3, 0.4) is 0 Å². The van der Waals surface area contributed by atoms with Crippen molar-refractivity contribution in [2.24, 2.45) is 0 Å². The van der Waals surface area contributed by atoms with Crippen molar-refractivity contribution in [2.45, 2.75) is 25.2 Å². The summed E-state index contributed by atoms with van der Waals surface area (Å²) in [6.07, 6.45) is 0.873. The fourth-order valence-corrected chi connectivity index (χ4v) is 4.79. The number of rotatable bonds is 6. The van der Waals surface area contributed by atoms with Crippen LogP contribution < -0.4 is 10.1 Å².